The summed E-state index contributed by atoms with van der Waals surface area (Å²) in [6.45, 7) is 1.86. The highest BCUT2D eigenvalue weighted by atomic mass is 19.1. The van der Waals surface area contributed by atoms with Crippen LogP contribution in [0.5, 0.6) is 0 Å². The first kappa shape index (κ1) is 24.2. The van der Waals surface area contributed by atoms with Crippen LogP contribution >= 0.6 is 0 Å². The molecule has 4 aromatic rings. The van der Waals surface area contributed by atoms with Crippen LogP contribution < -0.4 is 11.1 Å². The molecule has 3 aromatic heterocycles. The maximum Gasteiger partial charge on any atom is 0.230 e. The third kappa shape index (κ3) is 4.43. The number of hydrogen-bond acceptors (Lipinski definition) is 8. The molecule has 11 heteroatoms. The van der Waals surface area contributed by atoms with Crippen molar-refractivity contribution in [2.24, 2.45) is 5.41 Å². The van der Waals surface area contributed by atoms with E-state index in [1.54, 1.807) is 24.5 Å². The summed E-state index contributed by atoms with van der Waals surface area (Å²) >= 11 is 0. The van der Waals surface area contributed by atoms with Crippen LogP contribution in [0.25, 0.3) is 27.7 Å². The smallest absolute Gasteiger partial charge is 0.230 e. The number of pyridine rings is 1. The number of nitrogens with zero attached hydrogens (tertiary/aromatic N) is 4. The number of carbonyl (C=O) groups excluding carboxylic acids is 2. The molecule has 0 bridgehead atoms. The van der Waals surface area contributed by atoms with E-state index in [1.807, 2.05) is 0 Å². The van der Waals surface area contributed by atoms with Crippen molar-refractivity contribution in [2.45, 2.75) is 20.3 Å². The quantitative estimate of drug-likeness (QED) is 0.277. The Kier molecular flexibility index (Phi) is 6.46. The first-order valence-electron chi connectivity index (χ1n) is 10.9. The molecule has 0 aliphatic rings. The van der Waals surface area contributed by atoms with Gasteiger partial charge in [0.25, 0.3) is 0 Å². The third-order valence-electron chi connectivity index (χ3n) is 5.96. The van der Waals surface area contributed by atoms with Crippen molar-refractivity contribution in [3.8, 4) is 11.1 Å². The van der Waals surface area contributed by atoms with Gasteiger partial charge in [-0.2, -0.15) is 9.61 Å². The summed E-state index contributed by atoms with van der Waals surface area (Å²) in [4.78, 5) is 33.7. The van der Waals surface area contributed by atoms with Crippen molar-refractivity contribution in [3.63, 3.8) is 0 Å². The van der Waals surface area contributed by atoms with Crippen LogP contribution in [0.4, 0.5) is 10.2 Å². The summed E-state index contributed by atoms with van der Waals surface area (Å²) in [6, 6.07) is 6.08. The second-order valence-corrected chi connectivity index (χ2v) is 8.61. The first-order valence-corrected chi connectivity index (χ1v) is 10.9. The van der Waals surface area contributed by atoms with E-state index >= 15 is 0 Å². The van der Waals surface area contributed by atoms with E-state index in [2.05, 4.69) is 20.4 Å². The molecule has 0 saturated heterocycles. The van der Waals surface area contributed by atoms with E-state index < -0.39 is 24.5 Å². The Labute approximate surface area is 199 Å². The molecule has 0 spiro atoms. The first-order chi connectivity index (χ1) is 16.7. The number of rotatable bonds is 8. The lowest BCUT2D eigenvalue weighted by Crippen LogP contribution is -2.44. The van der Waals surface area contributed by atoms with E-state index in [0.717, 1.165) is 0 Å². The molecule has 1 amide bonds. The molecule has 4 rings (SSSR count). The second kappa shape index (κ2) is 9.35. The summed E-state index contributed by atoms with van der Waals surface area (Å²) < 4.78 is 15.1. The number of ketones is 1. The number of fused-ring (bicyclic) bond motifs is 2. The zero-order valence-electron chi connectivity index (χ0n) is 19.2. The predicted molar refractivity (Wildman–Crippen MR) is 127 cm³/mol. The number of carbonyl (C=O) groups is 2. The van der Waals surface area contributed by atoms with Crippen LogP contribution in [-0.2, 0) is 11.2 Å². The van der Waals surface area contributed by atoms with Crippen LogP contribution in [-0.4, -0.2) is 61.2 Å². The fraction of sp³-hybridized carbons (Fsp3) is 0.292. The summed E-state index contributed by atoms with van der Waals surface area (Å²) in [5, 5.41) is 26.4. The standard InChI is InChI=1S/C24H25FN6O4/c1-13(34)20-19(5-6-27-23(35)24(2,11-32)12-33)30-22-17(10-29-31(22)21(20)26)15-7-14-8-16(25)3-4-18(14)28-9-15/h3-4,7-10,32-33H,5-6,11-12,26H2,1-2H3,(H,27,35). The molecule has 5 N–H and O–H groups in total. The topological polar surface area (TPSA) is 156 Å². The Hall–Kier alpha value is -3.96. The number of anilines is 1. The molecule has 0 atom stereocenters. The fourth-order valence-corrected chi connectivity index (χ4v) is 3.78. The molecule has 0 unspecified atom stereocenters. The molecule has 10 nitrogen and oxygen atoms in total. The number of nitrogens with two attached hydrogens (primary N) is 1. The molecule has 1 aromatic carbocycles. The van der Waals surface area contributed by atoms with Gasteiger partial charge in [-0.3, -0.25) is 14.6 Å². The van der Waals surface area contributed by atoms with Crippen LogP contribution in [0, 0.1) is 11.2 Å². The van der Waals surface area contributed by atoms with E-state index in [-0.39, 0.29) is 35.9 Å². The van der Waals surface area contributed by atoms with Gasteiger partial charge in [-0.15, -0.1) is 0 Å². The predicted octanol–water partition coefficient (Wildman–Crippen LogP) is 1.52. The van der Waals surface area contributed by atoms with Crippen molar-refractivity contribution < 1.29 is 24.2 Å². The van der Waals surface area contributed by atoms with Crippen molar-refractivity contribution in [1.82, 2.24) is 24.9 Å². The molecule has 0 radical (unpaired) electrons. The van der Waals surface area contributed by atoms with Gasteiger partial charge in [0.2, 0.25) is 5.91 Å². The van der Waals surface area contributed by atoms with Crippen LogP contribution in [0.15, 0.2) is 36.7 Å². The number of Topliss-reactive ketones (excluding diaryl/α,β-unsaturated/α-hetero) is 1. The number of aromatic nitrogens is 4. The molecule has 0 aliphatic carbocycles. The van der Waals surface area contributed by atoms with E-state index in [1.165, 1.54) is 30.5 Å². The Morgan fingerprint density at radius 3 is 2.63 bits per heavy atom. The van der Waals surface area contributed by atoms with E-state index in [9.17, 15) is 24.2 Å². The lowest BCUT2D eigenvalue weighted by molar-refractivity contribution is -0.134. The minimum Gasteiger partial charge on any atom is -0.395 e. The molecule has 35 heavy (non-hydrogen) atoms. The highest BCUT2D eigenvalue weighted by molar-refractivity contribution is 6.00. The number of aliphatic hydroxyl groups excluding tert-OH is 2. The average Bonchev–Trinajstić information content (AvgIpc) is 3.27. The molecular formula is C24H25FN6O4. The number of nitrogen functional groups attached to an aromatic ring is 1. The van der Waals surface area contributed by atoms with Crippen molar-refractivity contribution >= 4 is 34.1 Å². The number of hydrogen-bond donors (Lipinski definition) is 4. The van der Waals surface area contributed by atoms with Crippen LogP contribution in [0.3, 0.4) is 0 Å². The fourth-order valence-electron chi connectivity index (χ4n) is 3.78. The van der Waals surface area contributed by atoms with Gasteiger partial charge in [0.1, 0.15) is 11.6 Å². The maximum absolute atomic E-state index is 13.7. The molecule has 0 fully saturated rings. The zero-order valence-corrected chi connectivity index (χ0v) is 19.2. The normalized spacial score (nSPS) is 11.8. The monoisotopic (exact) mass is 480 g/mol. The summed E-state index contributed by atoms with van der Waals surface area (Å²) in [5.74, 6) is -1.12. The molecule has 182 valence electrons. The third-order valence-corrected chi connectivity index (χ3v) is 5.96. The largest absolute Gasteiger partial charge is 0.395 e. The Balaban J connectivity index is 1.73. The molecule has 0 aliphatic heterocycles. The number of halogens is 1. The number of benzene rings is 1. The van der Waals surface area contributed by atoms with E-state index in [4.69, 9.17) is 5.73 Å². The van der Waals surface area contributed by atoms with E-state index in [0.29, 0.717) is 33.4 Å². The maximum atomic E-state index is 13.7. The van der Waals surface area contributed by atoms with Gasteiger partial charge in [-0.25, -0.2) is 9.37 Å². The average molecular weight is 481 g/mol. The number of amides is 1. The van der Waals surface area contributed by atoms with Gasteiger partial charge in [0.05, 0.1) is 41.6 Å². The van der Waals surface area contributed by atoms with Gasteiger partial charge in [-0.05, 0) is 38.1 Å². The molecule has 3 heterocycles. The van der Waals surface area contributed by atoms with Gasteiger partial charge in [0.15, 0.2) is 11.4 Å². The van der Waals surface area contributed by atoms with Gasteiger partial charge in [0, 0.05) is 35.7 Å². The summed E-state index contributed by atoms with van der Waals surface area (Å²) in [6.07, 6.45) is 3.34. The van der Waals surface area contributed by atoms with Crippen molar-refractivity contribution in [1.29, 1.82) is 0 Å². The Morgan fingerprint density at radius 1 is 1.20 bits per heavy atom. The molecule has 0 saturated carbocycles. The van der Waals surface area contributed by atoms with Gasteiger partial charge >= 0.3 is 0 Å². The van der Waals surface area contributed by atoms with Gasteiger partial charge < -0.3 is 21.3 Å². The summed E-state index contributed by atoms with van der Waals surface area (Å²) in [5.41, 5.74) is 7.74. The Bertz CT molecular complexity index is 1450. The van der Waals surface area contributed by atoms with Crippen molar-refractivity contribution in [2.75, 3.05) is 25.5 Å². The summed E-state index contributed by atoms with van der Waals surface area (Å²) in [7, 11) is 0. The number of nitrogens with one attached hydrogen (secondary N) is 1. The highest BCUT2D eigenvalue weighted by Gasteiger charge is 2.31. The minimum atomic E-state index is -1.33. The minimum absolute atomic E-state index is 0.0948. The van der Waals surface area contributed by atoms with Crippen molar-refractivity contribution in [3.05, 3.63) is 53.7 Å². The van der Waals surface area contributed by atoms with Gasteiger partial charge in [-0.1, -0.05) is 0 Å². The lowest BCUT2D eigenvalue weighted by atomic mass is 9.92. The number of aliphatic hydroxyl groups is 2. The van der Waals surface area contributed by atoms with Crippen LogP contribution in [0.2, 0.25) is 0 Å². The lowest BCUT2D eigenvalue weighted by Gasteiger charge is -2.23. The SMILES string of the molecule is CC(=O)c1c(CCNC(=O)C(C)(CO)CO)nc2c(-c3cnc4ccc(F)cc4c3)cnn2c1N. The zero-order chi connectivity index (χ0) is 25.3. The Morgan fingerprint density at radius 2 is 1.94 bits per heavy atom. The van der Waals surface area contributed by atoms with Crippen LogP contribution in [0.1, 0.15) is 29.9 Å². The molecular weight excluding hydrogens is 455 g/mol. The highest BCUT2D eigenvalue weighted by Crippen LogP contribution is 2.29. The second-order valence-electron chi connectivity index (χ2n) is 8.61.